The lowest BCUT2D eigenvalue weighted by molar-refractivity contribution is 0.568. The van der Waals surface area contributed by atoms with Gasteiger partial charge in [0.15, 0.2) is 5.82 Å². The first kappa shape index (κ1) is 24.4. The fourth-order valence-electron chi connectivity index (χ4n) is 3.65. The van der Waals surface area contributed by atoms with Gasteiger partial charge in [-0.25, -0.2) is 13.8 Å². The van der Waals surface area contributed by atoms with Gasteiger partial charge >= 0.3 is 0 Å². The van der Waals surface area contributed by atoms with E-state index in [1.165, 1.54) is 30.6 Å². The van der Waals surface area contributed by atoms with Crippen molar-refractivity contribution in [1.29, 1.82) is 0 Å². The quantitative estimate of drug-likeness (QED) is 0.441. The first-order valence-electron chi connectivity index (χ1n) is 10.2. The normalized spacial score (nSPS) is 16.0. The number of hydrogen-bond donors (Lipinski definition) is 2. The third-order valence-corrected chi connectivity index (χ3v) is 7.92. The minimum absolute atomic E-state index is 0.0750. The number of rotatable bonds is 7. The van der Waals surface area contributed by atoms with E-state index in [0.717, 1.165) is 24.8 Å². The average Bonchev–Trinajstić information content (AvgIpc) is 3.31. The van der Waals surface area contributed by atoms with Crippen molar-refractivity contribution in [3.05, 3.63) is 65.6 Å². The number of anilines is 4. The van der Waals surface area contributed by atoms with Crippen LogP contribution in [0.25, 0.3) is 0 Å². The van der Waals surface area contributed by atoms with Gasteiger partial charge in [0.05, 0.1) is 28.3 Å². The molecule has 34 heavy (non-hydrogen) atoms. The summed E-state index contributed by atoms with van der Waals surface area (Å²) in [5.74, 6) is -1.71. The molecule has 0 amide bonds. The summed E-state index contributed by atoms with van der Waals surface area (Å²) in [7, 11) is -2.66. The molecule has 1 aliphatic heterocycles. The Morgan fingerprint density at radius 3 is 2.65 bits per heavy atom. The van der Waals surface area contributed by atoms with Crippen molar-refractivity contribution in [2.24, 2.45) is 0 Å². The van der Waals surface area contributed by atoms with Gasteiger partial charge in [0.1, 0.15) is 16.5 Å². The van der Waals surface area contributed by atoms with E-state index in [2.05, 4.69) is 20.6 Å². The van der Waals surface area contributed by atoms with Crippen molar-refractivity contribution >= 4 is 56.3 Å². The van der Waals surface area contributed by atoms with Crippen molar-refractivity contribution in [1.82, 2.24) is 15.3 Å². The molecular formula is C21H20Cl2F2N6O2S. The predicted octanol–water partition coefficient (Wildman–Crippen LogP) is 4.30. The maximum absolute atomic E-state index is 15.0. The van der Waals surface area contributed by atoms with Gasteiger partial charge in [0.2, 0.25) is 0 Å². The number of benzene rings is 2. The molecule has 0 saturated carbocycles. The minimum Gasteiger partial charge on any atom is -0.368 e. The zero-order valence-corrected chi connectivity index (χ0v) is 20.2. The lowest BCUT2D eigenvalue weighted by atomic mass is 10.2. The second-order valence-corrected chi connectivity index (χ2v) is 10.3. The molecule has 1 saturated heterocycles. The number of likely N-dealkylation sites (N-methyl/N-ethyl adjacent to an activating group) is 1. The van der Waals surface area contributed by atoms with Crippen LogP contribution >= 0.6 is 23.4 Å². The van der Waals surface area contributed by atoms with Gasteiger partial charge in [0.25, 0.3) is 10.0 Å². The zero-order chi connectivity index (χ0) is 24.5. The van der Waals surface area contributed by atoms with Crippen molar-refractivity contribution in [3.63, 3.8) is 0 Å². The highest BCUT2D eigenvalue weighted by Gasteiger charge is 2.30. The molecule has 1 aliphatic rings. The molecule has 1 fully saturated rings. The van der Waals surface area contributed by atoms with Crippen LogP contribution in [0, 0.1) is 11.6 Å². The van der Waals surface area contributed by atoms with Crippen LogP contribution in [0.2, 0.25) is 5.02 Å². The maximum atomic E-state index is 15.0. The zero-order valence-electron chi connectivity index (χ0n) is 17.8. The van der Waals surface area contributed by atoms with E-state index < -0.39 is 26.6 Å². The summed E-state index contributed by atoms with van der Waals surface area (Å²) in [4.78, 5) is 8.83. The summed E-state index contributed by atoms with van der Waals surface area (Å²) < 4.78 is 55.0. The number of sulfonamides is 1. The minimum atomic E-state index is -4.53. The number of nitrogens with zero attached hydrogens (tertiary/aromatic N) is 4. The lowest BCUT2D eigenvalue weighted by Crippen LogP contribution is -2.29. The van der Waals surface area contributed by atoms with E-state index >= 15 is 0 Å². The number of hydrogen-bond acceptors (Lipinski definition) is 7. The van der Waals surface area contributed by atoms with Crippen molar-refractivity contribution in [3.8, 4) is 0 Å². The largest absolute Gasteiger partial charge is 0.368 e. The van der Waals surface area contributed by atoms with Gasteiger partial charge in [-0.2, -0.15) is 12.2 Å². The van der Waals surface area contributed by atoms with Crippen LogP contribution in [-0.4, -0.2) is 44.6 Å². The molecule has 4 rings (SSSR count). The molecule has 180 valence electrons. The average molecular weight is 529 g/mol. The molecule has 0 radical (unpaired) electrons. The summed E-state index contributed by atoms with van der Waals surface area (Å²) in [6.07, 6.45) is 4.59. The van der Waals surface area contributed by atoms with E-state index in [0.29, 0.717) is 28.3 Å². The van der Waals surface area contributed by atoms with E-state index in [-0.39, 0.29) is 22.6 Å². The summed E-state index contributed by atoms with van der Waals surface area (Å²) >= 11 is 12.2. The molecule has 1 unspecified atom stereocenters. The van der Waals surface area contributed by atoms with E-state index in [4.69, 9.17) is 23.4 Å². The monoisotopic (exact) mass is 528 g/mol. The highest BCUT2D eigenvalue weighted by Crippen LogP contribution is 2.37. The van der Waals surface area contributed by atoms with Crippen LogP contribution in [-0.2, 0) is 10.0 Å². The van der Waals surface area contributed by atoms with Gasteiger partial charge in [-0.1, -0.05) is 11.6 Å². The Morgan fingerprint density at radius 1 is 1.18 bits per heavy atom. The molecule has 1 atom stereocenters. The highest BCUT2D eigenvalue weighted by molar-refractivity contribution is 7.94. The van der Waals surface area contributed by atoms with E-state index in [9.17, 15) is 17.2 Å². The molecule has 0 bridgehead atoms. The smallest absolute Gasteiger partial charge is 0.282 e. The molecule has 0 spiro atoms. The molecule has 1 aromatic heterocycles. The van der Waals surface area contributed by atoms with Gasteiger partial charge in [-0.05, 0) is 37.7 Å². The standard InChI is InChI=1S/C21H20Cl2F2N6O2S/c1-26-14-4-7-30(12-14)19-8-13(24)2-3-17(19)29-18-10-16(25)20(9-15(18)22)34(32,33)31(23)21-11-27-5-6-28-21/h2-3,5-6,8-11,14,26,29H,4,7,12H2,1H3. The first-order valence-corrected chi connectivity index (χ1v) is 12.3. The van der Waals surface area contributed by atoms with Crippen LogP contribution in [0.15, 0.2) is 53.8 Å². The SMILES string of the molecule is CNC1CCN(c2cc(F)ccc2Nc2cc(F)c(S(=O)(=O)N(Cl)c3cnccn3)cc2Cl)C1. The summed E-state index contributed by atoms with van der Waals surface area (Å²) in [5.41, 5.74) is 1.19. The van der Waals surface area contributed by atoms with Gasteiger partial charge < -0.3 is 15.5 Å². The number of halogens is 4. The topological polar surface area (TPSA) is 90.5 Å². The molecule has 2 heterocycles. The molecular weight excluding hydrogens is 509 g/mol. The Balaban J connectivity index is 1.65. The molecule has 13 heteroatoms. The molecule has 0 aliphatic carbocycles. The highest BCUT2D eigenvalue weighted by atomic mass is 35.5. The Kier molecular flexibility index (Phi) is 7.08. The summed E-state index contributed by atoms with van der Waals surface area (Å²) in [5, 5.41) is 6.12. The fraction of sp³-hybridized carbons (Fsp3) is 0.238. The number of aromatic nitrogens is 2. The van der Waals surface area contributed by atoms with Gasteiger partial charge in [-0.3, -0.25) is 4.98 Å². The first-order chi connectivity index (χ1) is 16.2. The van der Waals surface area contributed by atoms with E-state index in [1.807, 2.05) is 11.9 Å². The Bertz CT molecular complexity index is 1300. The second kappa shape index (κ2) is 9.87. The van der Waals surface area contributed by atoms with Crippen molar-refractivity contribution in [2.45, 2.75) is 17.4 Å². The van der Waals surface area contributed by atoms with Crippen LogP contribution in [0.1, 0.15) is 6.42 Å². The summed E-state index contributed by atoms with van der Waals surface area (Å²) in [6.45, 7) is 1.37. The third kappa shape index (κ3) is 4.88. The van der Waals surface area contributed by atoms with Crippen molar-refractivity contribution < 1.29 is 17.2 Å². The van der Waals surface area contributed by atoms with Gasteiger partial charge in [0, 0.05) is 49.4 Å². The molecule has 2 aromatic carbocycles. The second-order valence-electron chi connectivity index (χ2n) is 7.55. The Labute approximate surface area is 205 Å². The van der Waals surface area contributed by atoms with Crippen molar-refractivity contribution in [2.75, 3.05) is 34.2 Å². The summed E-state index contributed by atoms with van der Waals surface area (Å²) in [6, 6.07) is 6.34. The van der Waals surface area contributed by atoms with Crippen LogP contribution in [0.4, 0.5) is 31.7 Å². The lowest BCUT2D eigenvalue weighted by Gasteiger charge is -2.23. The Hall–Kier alpha value is -2.73. The molecule has 2 N–H and O–H groups in total. The maximum Gasteiger partial charge on any atom is 0.282 e. The predicted molar refractivity (Wildman–Crippen MR) is 128 cm³/mol. The third-order valence-electron chi connectivity index (χ3n) is 5.41. The molecule has 3 aromatic rings. The van der Waals surface area contributed by atoms with Crippen LogP contribution < -0.4 is 19.4 Å². The molecule has 8 nitrogen and oxygen atoms in total. The fourth-order valence-corrected chi connectivity index (χ4v) is 5.32. The number of nitrogens with one attached hydrogen (secondary N) is 2. The van der Waals surface area contributed by atoms with E-state index in [1.54, 1.807) is 0 Å². The Morgan fingerprint density at radius 2 is 1.97 bits per heavy atom. The van der Waals surface area contributed by atoms with Gasteiger partial charge in [-0.15, -0.1) is 0 Å². The van der Waals surface area contributed by atoms with Crippen LogP contribution in [0.5, 0.6) is 0 Å². The van der Waals surface area contributed by atoms with Crippen LogP contribution in [0.3, 0.4) is 0 Å².